The molecule has 0 aliphatic carbocycles. The fraction of sp³-hybridized carbons (Fsp3) is 0.111. The first-order valence-corrected chi connectivity index (χ1v) is 7.94. The molecule has 3 rings (SSSR count). The normalized spacial score (nSPS) is 10.6. The van der Waals surface area contributed by atoms with Gasteiger partial charge in [0.25, 0.3) is 11.8 Å². The van der Waals surface area contributed by atoms with Crippen molar-refractivity contribution in [2.24, 2.45) is 5.73 Å². The van der Waals surface area contributed by atoms with Crippen LogP contribution in [0.4, 0.5) is 5.69 Å². The Kier molecular flexibility index (Phi) is 4.63. The maximum Gasteiger partial charge on any atom is 0.286 e. The number of rotatable bonds is 5. The van der Waals surface area contributed by atoms with Crippen molar-refractivity contribution in [2.75, 3.05) is 11.9 Å². The van der Waals surface area contributed by atoms with Gasteiger partial charge in [-0.2, -0.15) is 0 Å². The van der Waals surface area contributed by atoms with Crippen LogP contribution in [0.3, 0.4) is 0 Å². The summed E-state index contributed by atoms with van der Waals surface area (Å²) in [6, 6.07) is 11.6. The van der Waals surface area contributed by atoms with Crippen LogP contribution in [0.1, 0.15) is 27.8 Å². The predicted octanol–water partition coefficient (Wildman–Crippen LogP) is 3.84. The van der Waals surface area contributed by atoms with Gasteiger partial charge in [0.05, 0.1) is 6.61 Å². The molecule has 0 aliphatic heterocycles. The quantitative estimate of drug-likeness (QED) is 0.724. The lowest BCUT2D eigenvalue weighted by atomic mass is 10.1. The van der Waals surface area contributed by atoms with Crippen molar-refractivity contribution >= 4 is 40.1 Å². The van der Waals surface area contributed by atoms with E-state index in [0.29, 0.717) is 33.9 Å². The summed E-state index contributed by atoms with van der Waals surface area (Å²) in [5.41, 5.74) is 6.29. The molecule has 0 unspecified atom stereocenters. The Morgan fingerprint density at radius 1 is 1.24 bits per heavy atom. The summed E-state index contributed by atoms with van der Waals surface area (Å²) in [4.78, 5) is 24.2. The molecular weight excluding hydrogens is 344 g/mol. The highest BCUT2D eigenvalue weighted by molar-refractivity contribution is 6.31. The SMILES string of the molecule is CCOc1cccc2c(NC(=O)c3cccc(Cl)c3)c(C(N)=O)oc12. The lowest BCUT2D eigenvalue weighted by molar-refractivity contribution is 0.0977. The number of para-hydroxylation sites is 1. The van der Waals surface area contributed by atoms with Gasteiger partial charge in [0.15, 0.2) is 11.3 Å². The van der Waals surface area contributed by atoms with Crippen molar-refractivity contribution in [3.8, 4) is 5.75 Å². The summed E-state index contributed by atoms with van der Waals surface area (Å²) in [7, 11) is 0. The van der Waals surface area contributed by atoms with Gasteiger partial charge in [0.1, 0.15) is 5.69 Å². The molecule has 3 N–H and O–H groups in total. The highest BCUT2D eigenvalue weighted by Gasteiger charge is 2.23. The van der Waals surface area contributed by atoms with Crippen molar-refractivity contribution in [2.45, 2.75) is 6.92 Å². The van der Waals surface area contributed by atoms with Crippen LogP contribution in [0.2, 0.25) is 5.02 Å². The first kappa shape index (κ1) is 16.9. The average molecular weight is 359 g/mol. The molecule has 128 valence electrons. The fourth-order valence-corrected chi connectivity index (χ4v) is 2.67. The Morgan fingerprint density at radius 2 is 2.00 bits per heavy atom. The third-order valence-corrected chi connectivity index (χ3v) is 3.76. The number of halogens is 1. The van der Waals surface area contributed by atoms with Crippen molar-refractivity contribution in [3.63, 3.8) is 0 Å². The molecule has 6 nitrogen and oxygen atoms in total. The molecule has 0 fully saturated rings. The Bertz CT molecular complexity index is 965. The van der Waals surface area contributed by atoms with E-state index in [1.807, 2.05) is 6.92 Å². The van der Waals surface area contributed by atoms with Crippen LogP contribution < -0.4 is 15.8 Å². The van der Waals surface area contributed by atoms with E-state index in [1.165, 1.54) is 6.07 Å². The molecule has 7 heteroatoms. The van der Waals surface area contributed by atoms with Crippen molar-refractivity contribution in [1.82, 2.24) is 0 Å². The van der Waals surface area contributed by atoms with Gasteiger partial charge < -0.3 is 20.2 Å². The first-order chi connectivity index (χ1) is 12.0. The number of benzene rings is 2. The summed E-state index contributed by atoms with van der Waals surface area (Å²) in [5, 5.41) is 3.63. The number of fused-ring (bicyclic) bond motifs is 1. The smallest absolute Gasteiger partial charge is 0.286 e. The zero-order valence-corrected chi connectivity index (χ0v) is 14.1. The number of carbonyl (C=O) groups excluding carboxylic acids is 2. The van der Waals surface area contributed by atoms with E-state index in [0.717, 1.165) is 0 Å². The number of nitrogens with two attached hydrogens (primary N) is 1. The molecule has 0 atom stereocenters. The second kappa shape index (κ2) is 6.86. The minimum atomic E-state index is -0.792. The van der Waals surface area contributed by atoms with E-state index in [-0.39, 0.29) is 11.4 Å². The van der Waals surface area contributed by atoms with Crippen LogP contribution in [-0.2, 0) is 0 Å². The monoisotopic (exact) mass is 358 g/mol. The topological polar surface area (TPSA) is 94.6 Å². The molecule has 2 aromatic carbocycles. The van der Waals surface area contributed by atoms with Crippen molar-refractivity contribution in [1.29, 1.82) is 0 Å². The third-order valence-electron chi connectivity index (χ3n) is 3.53. The lowest BCUT2D eigenvalue weighted by Crippen LogP contribution is -2.17. The Balaban J connectivity index is 2.08. The van der Waals surface area contributed by atoms with Gasteiger partial charge in [0.2, 0.25) is 5.76 Å². The number of furan rings is 1. The molecule has 0 spiro atoms. The van der Waals surface area contributed by atoms with E-state index in [2.05, 4.69) is 5.32 Å². The van der Waals surface area contributed by atoms with Crippen molar-refractivity contribution in [3.05, 3.63) is 58.8 Å². The van der Waals surface area contributed by atoms with Crippen LogP contribution in [0.15, 0.2) is 46.9 Å². The van der Waals surface area contributed by atoms with Crippen LogP contribution in [-0.4, -0.2) is 18.4 Å². The minimum Gasteiger partial charge on any atom is -0.490 e. The Labute approximate surface area is 148 Å². The first-order valence-electron chi connectivity index (χ1n) is 7.56. The largest absolute Gasteiger partial charge is 0.490 e. The molecule has 0 saturated carbocycles. The minimum absolute atomic E-state index is 0.141. The molecular formula is C18H15ClN2O4. The summed E-state index contributed by atoms with van der Waals surface area (Å²) >= 11 is 5.91. The van der Waals surface area contributed by atoms with Gasteiger partial charge >= 0.3 is 0 Å². The number of hydrogen-bond acceptors (Lipinski definition) is 4. The molecule has 1 aromatic heterocycles. The van der Waals surface area contributed by atoms with E-state index < -0.39 is 11.8 Å². The van der Waals surface area contributed by atoms with Gasteiger partial charge in [-0.25, -0.2) is 0 Å². The molecule has 2 amide bonds. The van der Waals surface area contributed by atoms with Gasteiger partial charge in [0, 0.05) is 16.0 Å². The number of anilines is 1. The summed E-state index contributed by atoms with van der Waals surface area (Å²) < 4.78 is 11.1. The van der Waals surface area contributed by atoms with Crippen LogP contribution in [0.5, 0.6) is 5.75 Å². The standard InChI is InChI=1S/C18H15ClN2O4/c1-2-24-13-8-4-7-12-14(16(17(20)22)25-15(12)13)21-18(23)10-5-3-6-11(19)9-10/h3-9H,2H2,1H3,(H2,20,22)(H,21,23). The van der Waals surface area contributed by atoms with Crippen LogP contribution in [0, 0.1) is 0 Å². The number of carbonyl (C=O) groups is 2. The van der Waals surface area contributed by atoms with Gasteiger partial charge in [-0.3, -0.25) is 9.59 Å². The zero-order chi connectivity index (χ0) is 18.0. The van der Waals surface area contributed by atoms with Crippen molar-refractivity contribution < 1.29 is 18.7 Å². The summed E-state index contributed by atoms with van der Waals surface area (Å²) in [6.45, 7) is 2.26. The Morgan fingerprint density at radius 3 is 2.68 bits per heavy atom. The number of nitrogens with one attached hydrogen (secondary N) is 1. The fourth-order valence-electron chi connectivity index (χ4n) is 2.48. The highest BCUT2D eigenvalue weighted by Crippen LogP contribution is 2.36. The molecule has 0 aliphatic rings. The van der Waals surface area contributed by atoms with E-state index in [4.69, 9.17) is 26.5 Å². The Hall–Kier alpha value is -2.99. The molecule has 0 radical (unpaired) electrons. The van der Waals surface area contributed by atoms with E-state index >= 15 is 0 Å². The van der Waals surface area contributed by atoms with E-state index in [9.17, 15) is 9.59 Å². The summed E-state index contributed by atoms with van der Waals surface area (Å²) in [5.74, 6) is -0.905. The van der Waals surface area contributed by atoms with E-state index in [1.54, 1.807) is 36.4 Å². The van der Waals surface area contributed by atoms with Crippen LogP contribution >= 0.6 is 11.6 Å². The third kappa shape index (κ3) is 3.29. The zero-order valence-electron chi connectivity index (χ0n) is 13.3. The molecule has 25 heavy (non-hydrogen) atoms. The van der Waals surface area contributed by atoms with Gasteiger partial charge in [-0.05, 0) is 37.3 Å². The molecule has 1 heterocycles. The molecule has 0 bridgehead atoms. The number of amides is 2. The molecule has 3 aromatic rings. The second-order valence-electron chi connectivity index (χ2n) is 5.20. The predicted molar refractivity (Wildman–Crippen MR) is 95.3 cm³/mol. The maximum atomic E-state index is 12.5. The second-order valence-corrected chi connectivity index (χ2v) is 5.64. The highest BCUT2D eigenvalue weighted by atomic mass is 35.5. The lowest BCUT2D eigenvalue weighted by Gasteiger charge is -2.06. The van der Waals surface area contributed by atoms with Gasteiger partial charge in [-0.15, -0.1) is 0 Å². The molecule has 0 saturated heterocycles. The average Bonchev–Trinajstić information content (AvgIpc) is 2.95. The summed E-state index contributed by atoms with van der Waals surface area (Å²) in [6.07, 6.45) is 0. The van der Waals surface area contributed by atoms with Gasteiger partial charge in [-0.1, -0.05) is 23.7 Å². The number of primary amides is 1. The van der Waals surface area contributed by atoms with Crippen LogP contribution in [0.25, 0.3) is 11.0 Å². The number of ether oxygens (including phenoxy) is 1. The number of hydrogen-bond donors (Lipinski definition) is 2. The maximum absolute atomic E-state index is 12.5.